The lowest BCUT2D eigenvalue weighted by atomic mass is 9.99. The molecule has 420 valence electrons. The van der Waals surface area contributed by atoms with E-state index in [1.165, 1.54) is 154 Å². The molecule has 11 heteroatoms. The van der Waals surface area contributed by atoms with Crippen LogP contribution in [0.3, 0.4) is 0 Å². The van der Waals surface area contributed by atoms with E-state index < -0.39 is 49.5 Å². The van der Waals surface area contributed by atoms with Gasteiger partial charge in [-0.15, -0.1) is 0 Å². The Morgan fingerprint density at radius 3 is 1.44 bits per heavy atom. The average molecular weight is 1020 g/mol. The fourth-order valence-corrected chi connectivity index (χ4v) is 9.17. The number of rotatable bonds is 51. The van der Waals surface area contributed by atoms with Crippen LogP contribution in [-0.4, -0.2) is 100 Å². The minimum absolute atomic E-state index is 0.00192. The molecule has 0 aliphatic carbocycles. The normalized spacial score (nSPS) is 19.3. The summed E-state index contributed by atoms with van der Waals surface area (Å²) in [6, 6.07) is -0.838. The highest BCUT2D eigenvalue weighted by Crippen LogP contribution is 2.23. The highest BCUT2D eigenvalue weighted by atomic mass is 16.7. The summed E-state index contributed by atoms with van der Waals surface area (Å²) in [6.07, 6.45) is 53.7. The lowest BCUT2D eigenvalue weighted by Gasteiger charge is -2.40. The number of unbranched alkanes of at least 4 members (excludes halogenated alkanes) is 31. The molecule has 72 heavy (non-hydrogen) atoms. The lowest BCUT2D eigenvalue weighted by Crippen LogP contribution is -2.60. The van der Waals surface area contributed by atoms with Gasteiger partial charge in [-0.2, -0.15) is 0 Å². The Balaban J connectivity index is 2.04. The van der Waals surface area contributed by atoms with Gasteiger partial charge in [-0.3, -0.25) is 9.59 Å². The molecule has 7 unspecified atom stereocenters. The van der Waals surface area contributed by atoms with Crippen LogP contribution in [0.2, 0.25) is 0 Å². The van der Waals surface area contributed by atoms with Crippen molar-refractivity contribution in [3.63, 3.8) is 0 Å². The average Bonchev–Trinajstić information content (AvgIpc) is 3.38. The van der Waals surface area contributed by atoms with Gasteiger partial charge in [-0.25, -0.2) is 0 Å². The van der Waals surface area contributed by atoms with Crippen LogP contribution in [0, 0.1) is 0 Å². The first-order valence-electron chi connectivity index (χ1n) is 29.9. The predicted molar refractivity (Wildman–Crippen MR) is 297 cm³/mol. The zero-order valence-electron chi connectivity index (χ0n) is 46.1. The van der Waals surface area contributed by atoms with Gasteiger partial charge in [0.25, 0.3) is 0 Å². The summed E-state index contributed by atoms with van der Waals surface area (Å²) in [4.78, 5) is 25.0. The number of aliphatic hydroxyl groups excluding tert-OH is 5. The van der Waals surface area contributed by atoms with Crippen molar-refractivity contribution in [3.8, 4) is 0 Å². The molecule has 1 aliphatic heterocycles. The number of hydrogen-bond acceptors (Lipinski definition) is 10. The topological polar surface area (TPSA) is 175 Å². The van der Waals surface area contributed by atoms with Gasteiger partial charge in [-0.05, 0) is 77.0 Å². The molecule has 0 saturated carbocycles. The Bertz CT molecular complexity index is 1340. The summed E-state index contributed by atoms with van der Waals surface area (Å²) in [6.45, 7) is 4.19. The first-order valence-corrected chi connectivity index (χ1v) is 29.9. The van der Waals surface area contributed by atoms with Gasteiger partial charge in [0.15, 0.2) is 6.29 Å². The third-order valence-electron chi connectivity index (χ3n) is 13.9. The smallest absolute Gasteiger partial charge is 0.305 e. The maximum Gasteiger partial charge on any atom is 0.305 e. The summed E-state index contributed by atoms with van der Waals surface area (Å²) in [7, 11) is 0. The van der Waals surface area contributed by atoms with Gasteiger partial charge >= 0.3 is 5.97 Å². The molecule has 6 N–H and O–H groups in total. The van der Waals surface area contributed by atoms with Crippen LogP contribution in [0.1, 0.15) is 264 Å². The van der Waals surface area contributed by atoms with E-state index in [9.17, 15) is 35.1 Å². The number of carbonyl (C=O) groups excluding carboxylic acids is 2. The highest BCUT2D eigenvalue weighted by molar-refractivity contribution is 5.76. The van der Waals surface area contributed by atoms with E-state index in [1.807, 2.05) is 6.08 Å². The maximum absolute atomic E-state index is 13.0. The number of carbonyl (C=O) groups is 2. The molecule has 1 saturated heterocycles. The minimum Gasteiger partial charge on any atom is -0.466 e. The van der Waals surface area contributed by atoms with Crippen molar-refractivity contribution >= 4 is 11.9 Å². The van der Waals surface area contributed by atoms with Gasteiger partial charge in [-0.1, -0.05) is 223 Å². The molecule has 0 aromatic rings. The van der Waals surface area contributed by atoms with Gasteiger partial charge in [0.05, 0.1) is 32.0 Å². The molecule has 1 aliphatic rings. The molecule has 0 radical (unpaired) electrons. The second kappa shape index (κ2) is 50.8. The van der Waals surface area contributed by atoms with Gasteiger partial charge in [0, 0.05) is 12.8 Å². The summed E-state index contributed by atoms with van der Waals surface area (Å²) >= 11 is 0. The van der Waals surface area contributed by atoms with Crippen molar-refractivity contribution in [2.75, 3.05) is 19.8 Å². The number of hydrogen-bond donors (Lipinski definition) is 6. The Morgan fingerprint density at radius 2 is 0.944 bits per heavy atom. The summed E-state index contributed by atoms with van der Waals surface area (Å²) in [5, 5.41) is 54.2. The molecule has 1 heterocycles. The maximum atomic E-state index is 13.0. The fraction of sp³-hybridized carbons (Fsp3) is 0.836. The Morgan fingerprint density at radius 1 is 0.514 bits per heavy atom. The number of amides is 1. The van der Waals surface area contributed by atoms with Crippen molar-refractivity contribution in [2.24, 2.45) is 0 Å². The molecule has 0 spiro atoms. The Hall–Kier alpha value is -2.38. The van der Waals surface area contributed by atoms with Gasteiger partial charge < -0.3 is 45.1 Å². The molecular weight excluding hydrogens is 907 g/mol. The van der Waals surface area contributed by atoms with Crippen LogP contribution in [0.15, 0.2) is 48.6 Å². The molecule has 0 bridgehead atoms. The number of ether oxygens (including phenoxy) is 3. The molecular formula is C61H111NO10. The highest BCUT2D eigenvalue weighted by Gasteiger charge is 2.44. The van der Waals surface area contributed by atoms with E-state index in [4.69, 9.17) is 14.2 Å². The first kappa shape index (κ1) is 67.6. The summed E-state index contributed by atoms with van der Waals surface area (Å²) in [5.41, 5.74) is 0. The molecule has 11 nitrogen and oxygen atoms in total. The van der Waals surface area contributed by atoms with E-state index in [2.05, 4.69) is 55.6 Å². The quantitative estimate of drug-likeness (QED) is 0.0195. The van der Waals surface area contributed by atoms with Crippen molar-refractivity contribution < 1.29 is 49.3 Å². The van der Waals surface area contributed by atoms with Crippen LogP contribution in [-0.2, 0) is 23.8 Å². The van der Waals surface area contributed by atoms with Crippen LogP contribution in [0.25, 0.3) is 0 Å². The lowest BCUT2D eigenvalue weighted by molar-refractivity contribution is -0.302. The second-order valence-electron chi connectivity index (χ2n) is 20.7. The van der Waals surface area contributed by atoms with E-state index in [1.54, 1.807) is 6.08 Å². The second-order valence-corrected chi connectivity index (χ2v) is 20.7. The molecule has 0 aromatic carbocycles. The first-order chi connectivity index (χ1) is 35.2. The van der Waals surface area contributed by atoms with E-state index in [0.29, 0.717) is 19.4 Å². The van der Waals surface area contributed by atoms with Crippen molar-refractivity contribution in [1.82, 2.24) is 5.32 Å². The van der Waals surface area contributed by atoms with E-state index >= 15 is 0 Å². The fourth-order valence-electron chi connectivity index (χ4n) is 9.17. The van der Waals surface area contributed by atoms with E-state index in [0.717, 1.165) is 83.5 Å². The number of aliphatic hydroxyl groups is 5. The Labute approximate surface area is 440 Å². The van der Waals surface area contributed by atoms with Crippen molar-refractivity contribution in [1.29, 1.82) is 0 Å². The summed E-state index contributed by atoms with van der Waals surface area (Å²) < 4.78 is 16.6. The molecule has 7 atom stereocenters. The van der Waals surface area contributed by atoms with Crippen LogP contribution < -0.4 is 5.32 Å². The predicted octanol–water partition coefficient (Wildman–Crippen LogP) is 13.7. The zero-order chi connectivity index (χ0) is 52.4. The number of allylic oxidation sites excluding steroid dienone is 7. The van der Waals surface area contributed by atoms with Crippen LogP contribution >= 0.6 is 0 Å². The minimum atomic E-state index is -1.58. The molecule has 1 fully saturated rings. The van der Waals surface area contributed by atoms with Gasteiger partial charge in [0.2, 0.25) is 5.91 Å². The SMILES string of the molecule is CC/C=C/CC/C=C/CC/C=C/C(O)C(COC1OC(CO)C(O)C(O)C1O)NC(=O)CCCCCCCCC/C=C\CCCCCCCCCCCCCCOC(=O)CCCCCCCCCCCCC. The monoisotopic (exact) mass is 1020 g/mol. The molecule has 1 amide bonds. The number of nitrogens with one attached hydrogen (secondary N) is 1. The van der Waals surface area contributed by atoms with Gasteiger partial charge in [0.1, 0.15) is 24.4 Å². The third-order valence-corrected chi connectivity index (χ3v) is 13.9. The van der Waals surface area contributed by atoms with Crippen LogP contribution in [0.5, 0.6) is 0 Å². The van der Waals surface area contributed by atoms with Crippen LogP contribution in [0.4, 0.5) is 0 Å². The van der Waals surface area contributed by atoms with Crippen molar-refractivity contribution in [2.45, 2.75) is 307 Å². The zero-order valence-corrected chi connectivity index (χ0v) is 46.1. The Kier molecular flexibility index (Phi) is 47.7. The van der Waals surface area contributed by atoms with Crippen molar-refractivity contribution in [3.05, 3.63) is 48.6 Å². The molecule has 1 rings (SSSR count). The van der Waals surface area contributed by atoms with E-state index in [-0.39, 0.29) is 18.5 Å². The largest absolute Gasteiger partial charge is 0.466 e. The molecule has 0 aromatic heterocycles. The number of esters is 1. The standard InChI is InChI=1S/C61H111NO10/c1-3-5-7-9-11-13-28-33-37-41-45-49-57(66)70-50-46-42-38-34-30-27-25-23-21-19-17-15-16-18-20-22-24-26-29-32-36-40-44-48-56(65)62-53(52-71-61-60(69)59(68)58(67)55(51-63)72-61)54(64)47-43-39-35-31-14-12-10-8-6-4-2/h6,8,14,18,20,31,43,47,53-55,58-61,63-64,67-69H,3-5,7,9-13,15-17,19,21-30,32-42,44-46,48-52H2,1-2H3,(H,62,65)/b8-6+,20-18-,31-14+,47-43+. The summed E-state index contributed by atoms with van der Waals surface area (Å²) in [5.74, 6) is -0.207. The third kappa shape index (κ3) is 40.0.